The fraction of sp³-hybridized carbons (Fsp3) is 0. The van der Waals surface area contributed by atoms with Gasteiger partial charge in [-0.15, -0.1) is 0 Å². The summed E-state index contributed by atoms with van der Waals surface area (Å²) in [5, 5.41) is 0. The standard InChI is InChI=1S/C9H9FN4/c10-6-3-7(11)8(12)4-9(6)14-2-1-13-5-14/h1-5H,11-12H2. The van der Waals surface area contributed by atoms with Gasteiger partial charge in [-0.3, -0.25) is 0 Å². The lowest BCUT2D eigenvalue weighted by molar-refractivity contribution is 0.619. The molecule has 2 aromatic rings. The van der Waals surface area contributed by atoms with Crippen molar-refractivity contribution in [3.8, 4) is 5.69 Å². The Morgan fingerprint density at radius 2 is 1.93 bits per heavy atom. The molecule has 0 aliphatic carbocycles. The SMILES string of the molecule is Nc1cc(F)c(-n2ccnc2)cc1N. The number of imidazole rings is 1. The number of nitrogen functional groups attached to an aromatic ring is 2. The van der Waals surface area contributed by atoms with Crippen LogP contribution in [0.2, 0.25) is 0 Å². The molecule has 0 aliphatic heterocycles. The predicted molar refractivity (Wildman–Crippen MR) is 52.3 cm³/mol. The Hall–Kier alpha value is -2.04. The van der Waals surface area contributed by atoms with Crippen LogP contribution < -0.4 is 11.5 Å². The van der Waals surface area contributed by atoms with Crippen LogP contribution in [-0.4, -0.2) is 9.55 Å². The highest BCUT2D eigenvalue weighted by Gasteiger charge is 2.06. The van der Waals surface area contributed by atoms with Gasteiger partial charge in [-0.2, -0.15) is 0 Å². The molecule has 0 radical (unpaired) electrons. The highest BCUT2D eigenvalue weighted by atomic mass is 19.1. The summed E-state index contributed by atoms with van der Waals surface area (Å²) in [4.78, 5) is 3.82. The van der Waals surface area contributed by atoms with Crippen molar-refractivity contribution in [3.05, 3.63) is 36.7 Å². The highest BCUT2D eigenvalue weighted by molar-refractivity contribution is 5.67. The number of benzene rings is 1. The number of halogens is 1. The van der Waals surface area contributed by atoms with E-state index in [0.29, 0.717) is 11.4 Å². The summed E-state index contributed by atoms with van der Waals surface area (Å²) in [6.07, 6.45) is 4.69. The lowest BCUT2D eigenvalue weighted by Crippen LogP contribution is -2.01. The van der Waals surface area contributed by atoms with Crippen molar-refractivity contribution in [1.82, 2.24) is 9.55 Å². The number of nitrogens with two attached hydrogens (primary N) is 2. The Balaban J connectivity index is 2.60. The third kappa shape index (κ3) is 1.28. The Labute approximate surface area is 80.0 Å². The summed E-state index contributed by atoms with van der Waals surface area (Å²) >= 11 is 0. The van der Waals surface area contributed by atoms with Crippen LogP contribution in [0.25, 0.3) is 5.69 Å². The van der Waals surface area contributed by atoms with Gasteiger partial charge in [0.15, 0.2) is 0 Å². The van der Waals surface area contributed by atoms with Crippen molar-refractivity contribution in [2.24, 2.45) is 0 Å². The van der Waals surface area contributed by atoms with Crippen LogP contribution in [0, 0.1) is 5.82 Å². The molecule has 1 heterocycles. The fourth-order valence-electron chi connectivity index (χ4n) is 1.19. The highest BCUT2D eigenvalue weighted by Crippen LogP contribution is 2.22. The number of anilines is 2. The van der Waals surface area contributed by atoms with Gasteiger partial charge in [-0.1, -0.05) is 0 Å². The summed E-state index contributed by atoms with van der Waals surface area (Å²) in [6.45, 7) is 0. The molecular weight excluding hydrogens is 183 g/mol. The van der Waals surface area contributed by atoms with E-state index in [4.69, 9.17) is 11.5 Å². The summed E-state index contributed by atoms with van der Waals surface area (Å²) in [5.41, 5.74) is 12.0. The van der Waals surface area contributed by atoms with Crippen molar-refractivity contribution in [3.63, 3.8) is 0 Å². The summed E-state index contributed by atoms with van der Waals surface area (Å²) in [6, 6.07) is 2.68. The van der Waals surface area contributed by atoms with Crippen LogP contribution in [0.4, 0.5) is 15.8 Å². The second-order valence-electron chi connectivity index (χ2n) is 2.90. The van der Waals surface area contributed by atoms with Crippen LogP contribution in [-0.2, 0) is 0 Å². The Bertz CT molecular complexity index is 450. The van der Waals surface area contributed by atoms with E-state index in [2.05, 4.69) is 4.98 Å². The molecular formula is C9H9FN4. The molecule has 0 aliphatic rings. The normalized spacial score (nSPS) is 10.4. The smallest absolute Gasteiger partial charge is 0.149 e. The maximum atomic E-state index is 13.4. The summed E-state index contributed by atoms with van der Waals surface area (Å²) < 4.78 is 14.9. The molecule has 4 nitrogen and oxygen atoms in total. The number of rotatable bonds is 1. The van der Waals surface area contributed by atoms with E-state index in [1.54, 1.807) is 12.4 Å². The predicted octanol–water partition coefficient (Wildman–Crippen LogP) is 1.18. The van der Waals surface area contributed by atoms with Crippen molar-refractivity contribution < 1.29 is 4.39 Å². The average Bonchev–Trinajstić information content (AvgIpc) is 2.64. The van der Waals surface area contributed by atoms with Gasteiger partial charge in [0.2, 0.25) is 0 Å². The quantitative estimate of drug-likeness (QED) is 0.666. The number of hydrogen-bond donors (Lipinski definition) is 2. The molecule has 0 fully saturated rings. The van der Waals surface area contributed by atoms with Crippen molar-refractivity contribution in [2.75, 3.05) is 11.5 Å². The first-order valence-electron chi connectivity index (χ1n) is 4.01. The molecule has 4 N–H and O–H groups in total. The Morgan fingerprint density at radius 3 is 2.57 bits per heavy atom. The van der Waals surface area contributed by atoms with E-state index in [9.17, 15) is 4.39 Å². The van der Waals surface area contributed by atoms with Crippen molar-refractivity contribution in [2.45, 2.75) is 0 Å². The molecule has 1 aromatic carbocycles. The maximum Gasteiger partial charge on any atom is 0.149 e. The first-order chi connectivity index (χ1) is 6.68. The molecule has 1 aromatic heterocycles. The van der Waals surface area contributed by atoms with Crippen LogP contribution in [0.15, 0.2) is 30.9 Å². The molecule has 14 heavy (non-hydrogen) atoms. The second kappa shape index (κ2) is 3.02. The van der Waals surface area contributed by atoms with Gasteiger partial charge in [0.1, 0.15) is 5.82 Å². The minimum Gasteiger partial charge on any atom is -0.397 e. The van der Waals surface area contributed by atoms with Crippen molar-refractivity contribution in [1.29, 1.82) is 0 Å². The van der Waals surface area contributed by atoms with E-state index in [-0.39, 0.29) is 5.69 Å². The number of nitrogens with zero attached hydrogens (tertiary/aromatic N) is 2. The van der Waals surface area contributed by atoms with Crippen LogP contribution in [0.5, 0.6) is 0 Å². The van der Waals surface area contributed by atoms with E-state index >= 15 is 0 Å². The van der Waals surface area contributed by atoms with Crippen molar-refractivity contribution >= 4 is 11.4 Å². The second-order valence-corrected chi connectivity index (χ2v) is 2.90. The first kappa shape index (κ1) is 8.55. The minimum absolute atomic E-state index is 0.242. The van der Waals surface area contributed by atoms with E-state index in [1.165, 1.54) is 23.0 Å². The third-order valence-electron chi connectivity index (χ3n) is 1.94. The van der Waals surface area contributed by atoms with Crippen LogP contribution >= 0.6 is 0 Å². The van der Waals surface area contributed by atoms with Gasteiger partial charge >= 0.3 is 0 Å². The maximum absolute atomic E-state index is 13.4. The molecule has 0 saturated carbocycles. The molecule has 0 bridgehead atoms. The first-order valence-corrected chi connectivity index (χ1v) is 4.01. The zero-order valence-corrected chi connectivity index (χ0v) is 7.31. The summed E-state index contributed by atoms with van der Waals surface area (Å²) in [5.74, 6) is -0.422. The molecule has 72 valence electrons. The molecule has 0 atom stereocenters. The van der Waals surface area contributed by atoms with Gasteiger partial charge in [0.05, 0.1) is 23.4 Å². The lowest BCUT2D eigenvalue weighted by Gasteiger charge is -2.07. The van der Waals surface area contributed by atoms with Gasteiger partial charge in [-0.05, 0) is 6.07 Å². The van der Waals surface area contributed by atoms with Crippen LogP contribution in [0.3, 0.4) is 0 Å². The Kier molecular flexibility index (Phi) is 1.85. The molecule has 2 rings (SSSR count). The monoisotopic (exact) mass is 192 g/mol. The molecule has 5 heteroatoms. The zero-order valence-electron chi connectivity index (χ0n) is 7.31. The van der Waals surface area contributed by atoms with E-state index in [0.717, 1.165) is 0 Å². The molecule has 0 unspecified atom stereocenters. The van der Waals surface area contributed by atoms with Crippen LogP contribution in [0.1, 0.15) is 0 Å². The van der Waals surface area contributed by atoms with Gasteiger partial charge in [0, 0.05) is 18.5 Å². The largest absolute Gasteiger partial charge is 0.397 e. The molecule has 0 spiro atoms. The number of aromatic nitrogens is 2. The Morgan fingerprint density at radius 1 is 1.21 bits per heavy atom. The molecule has 0 amide bonds. The number of hydrogen-bond acceptors (Lipinski definition) is 3. The average molecular weight is 192 g/mol. The fourth-order valence-corrected chi connectivity index (χ4v) is 1.19. The van der Waals surface area contributed by atoms with Gasteiger partial charge in [-0.25, -0.2) is 9.37 Å². The molecule has 0 saturated heterocycles. The van der Waals surface area contributed by atoms with Gasteiger partial charge < -0.3 is 16.0 Å². The minimum atomic E-state index is -0.422. The van der Waals surface area contributed by atoms with Gasteiger partial charge in [0.25, 0.3) is 0 Å². The third-order valence-corrected chi connectivity index (χ3v) is 1.94. The zero-order chi connectivity index (χ0) is 10.1. The topological polar surface area (TPSA) is 69.9 Å². The lowest BCUT2D eigenvalue weighted by atomic mass is 10.2. The summed E-state index contributed by atoms with van der Waals surface area (Å²) in [7, 11) is 0. The van der Waals surface area contributed by atoms with E-state index < -0.39 is 5.82 Å². The van der Waals surface area contributed by atoms with E-state index in [1.807, 2.05) is 0 Å².